The highest BCUT2D eigenvalue weighted by Crippen LogP contribution is 2.70. The first kappa shape index (κ1) is 39.4. The van der Waals surface area contributed by atoms with E-state index in [9.17, 15) is 0 Å². The lowest BCUT2D eigenvalue weighted by Gasteiger charge is -2.59. The molecular formula is C54H72BN3S2. The molecule has 0 N–H and O–H groups in total. The first-order valence-electron chi connectivity index (χ1n) is 25.0. The average Bonchev–Trinajstić information content (AvgIpc) is 3.90. The quantitative estimate of drug-likeness (QED) is 0.205. The summed E-state index contributed by atoms with van der Waals surface area (Å²) in [7, 11) is 0. The molecule has 0 aromatic carbocycles. The second-order valence-electron chi connectivity index (χ2n) is 22.9. The minimum absolute atomic E-state index is 0.116. The molecule has 0 amide bonds. The second kappa shape index (κ2) is 14.4. The standard InChI is InChI=1S/C54H72BN3S2/c1-34-31-42-48-43(32-34)58-49-40(28-27-39(52(2,3)4)47(49)54(53(58,5)6)29-16-9-17-30-54)55(48)51-44(57(42)41-25-18-24-38-37-23-14-15-26-45(37)59-50(38)41)33-46(60-51)56(35-19-10-7-11-20-35)36-21-12-8-13-22-36/h7-8,10-12,15,19,21,26,34-35,37,41,43-46,51H,9,13-14,16-18,20,22-25,27-33H2,1-6H3. The smallest absolute Gasteiger partial charge is 0.222 e. The summed E-state index contributed by atoms with van der Waals surface area (Å²) in [5, 5.41) is 1.77. The van der Waals surface area contributed by atoms with Gasteiger partial charge in [0.1, 0.15) is 0 Å². The molecule has 0 aromatic heterocycles. The fourth-order valence-corrected chi connectivity index (χ4v) is 19.9. The van der Waals surface area contributed by atoms with E-state index in [4.69, 9.17) is 0 Å². The van der Waals surface area contributed by atoms with Gasteiger partial charge in [0.15, 0.2) is 0 Å². The van der Waals surface area contributed by atoms with Crippen molar-refractivity contribution in [2.24, 2.45) is 22.7 Å². The Kier molecular flexibility index (Phi) is 9.47. The number of allylic oxidation sites excluding steroid dienone is 12. The molecule has 9 unspecified atom stereocenters. The maximum absolute atomic E-state index is 3.28. The average molecular weight is 838 g/mol. The van der Waals surface area contributed by atoms with Crippen LogP contribution in [-0.4, -0.2) is 66.9 Å². The number of hydrogen-bond acceptors (Lipinski definition) is 5. The van der Waals surface area contributed by atoms with E-state index in [0.29, 0.717) is 52.6 Å². The number of rotatable bonds is 4. The zero-order valence-corrected chi connectivity index (χ0v) is 39.5. The molecule has 5 heterocycles. The van der Waals surface area contributed by atoms with Gasteiger partial charge in [-0.3, -0.25) is 0 Å². The van der Waals surface area contributed by atoms with Crippen molar-refractivity contribution in [1.82, 2.24) is 14.7 Å². The summed E-state index contributed by atoms with van der Waals surface area (Å²) in [5.74, 6) is 1.48. The van der Waals surface area contributed by atoms with E-state index in [0.717, 1.165) is 12.3 Å². The monoisotopic (exact) mass is 838 g/mol. The van der Waals surface area contributed by atoms with Crippen LogP contribution in [0.4, 0.5) is 0 Å². The lowest BCUT2D eigenvalue weighted by atomic mass is 9.29. The van der Waals surface area contributed by atoms with Crippen LogP contribution in [0.2, 0.25) is 0 Å². The van der Waals surface area contributed by atoms with Gasteiger partial charge in [-0.1, -0.05) is 118 Å². The molecule has 3 fully saturated rings. The summed E-state index contributed by atoms with van der Waals surface area (Å²) < 4.78 is 0. The zero-order chi connectivity index (χ0) is 40.7. The third kappa shape index (κ3) is 5.62. The van der Waals surface area contributed by atoms with E-state index < -0.39 is 0 Å². The molecule has 5 aliphatic heterocycles. The van der Waals surface area contributed by atoms with Gasteiger partial charge < -0.3 is 14.7 Å². The zero-order valence-electron chi connectivity index (χ0n) is 37.9. The van der Waals surface area contributed by atoms with Crippen LogP contribution in [0, 0.1) is 22.7 Å². The number of fused-ring (bicyclic) bond motifs is 7. The van der Waals surface area contributed by atoms with Gasteiger partial charge in [0, 0.05) is 55.4 Å². The van der Waals surface area contributed by atoms with Crippen molar-refractivity contribution in [3.8, 4) is 0 Å². The van der Waals surface area contributed by atoms with E-state index in [1.807, 2.05) is 44.0 Å². The Hall–Kier alpha value is -2.18. The first-order chi connectivity index (χ1) is 29.1. The largest absolute Gasteiger partial charge is 0.364 e. The SMILES string of the molecule is CC1CC2=C3B(C4=C5C(=C(C(C)(C)C)CC4)C4(CCCCC4)C(C)(C)N5C3C1)C1SC(N(C3=CC=CCC3)C3C=CC=CC3)CC1N2C1CCCC2=C1SC1C=CCCC21. The predicted octanol–water partition coefficient (Wildman–Crippen LogP) is 13.4. The molecule has 0 aromatic rings. The van der Waals surface area contributed by atoms with Gasteiger partial charge in [-0.2, -0.15) is 0 Å². The Bertz CT molecular complexity index is 2110. The molecule has 3 nitrogen and oxygen atoms in total. The highest BCUT2D eigenvalue weighted by Gasteiger charge is 2.68. The maximum Gasteiger partial charge on any atom is 0.222 e. The van der Waals surface area contributed by atoms with Crippen LogP contribution < -0.4 is 0 Å². The van der Waals surface area contributed by atoms with E-state index in [-0.39, 0.29) is 16.4 Å². The molecule has 2 saturated heterocycles. The van der Waals surface area contributed by atoms with Gasteiger partial charge in [0.25, 0.3) is 0 Å². The Morgan fingerprint density at radius 3 is 2.52 bits per heavy atom. The number of thioether (sulfide) groups is 2. The van der Waals surface area contributed by atoms with Gasteiger partial charge in [0.2, 0.25) is 6.71 Å². The van der Waals surface area contributed by atoms with Crippen molar-refractivity contribution in [3.63, 3.8) is 0 Å². The topological polar surface area (TPSA) is 9.72 Å². The fourth-order valence-electron chi connectivity index (χ4n) is 16.1. The van der Waals surface area contributed by atoms with Crippen LogP contribution in [0.15, 0.2) is 104 Å². The van der Waals surface area contributed by atoms with Crippen LogP contribution in [0.1, 0.15) is 157 Å². The fraction of sp³-hybridized carbons (Fsp3) is 0.667. The third-order valence-corrected chi connectivity index (χ3v) is 21.7. The van der Waals surface area contributed by atoms with Crippen molar-refractivity contribution in [3.05, 3.63) is 104 Å². The molecule has 9 atom stereocenters. The van der Waals surface area contributed by atoms with E-state index in [1.165, 1.54) is 109 Å². The Morgan fingerprint density at radius 2 is 1.73 bits per heavy atom. The van der Waals surface area contributed by atoms with Crippen LogP contribution >= 0.6 is 23.5 Å². The van der Waals surface area contributed by atoms with Crippen LogP contribution in [0.3, 0.4) is 0 Å². The molecule has 7 aliphatic carbocycles. The van der Waals surface area contributed by atoms with Gasteiger partial charge in [-0.15, -0.1) is 23.5 Å². The molecule has 12 rings (SSSR count). The molecule has 0 bridgehead atoms. The Labute approximate surface area is 372 Å². The van der Waals surface area contributed by atoms with Gasteiger partial charge in [-0.05, 0) is 139 Å². The first-order valence-corrected chi connectivity index (χ1v) is 26.9. The van der Waals surface area contributed by atoms with Crippen molar-refractivity contribution in [1.29, 1.82) is 0 Å². The summed E-state index contributed by atoms with van der Waals surface area (Å²) in [4.78, 5) is 11.3. The van der Waals surface area contributed by atoms with Crippen molar-refractivity contribution in [2.45, 2.75) is 203 Å². The molecule has 6 heteroatoms. The van der Waals surface area contributed by atoms with Crippen LogP contribution in [-0.2, 0) is 0 Å². The molecule has 60 heavy (non-hydrogen) atoms. The minimum Gasteiger partial charge on any atom is -0.364 e. The molecule has 1 saturated carbocycles. The van der Waals surface area contributed by atoms with Crippen LogP contribution in [0.25, 0.3) is 0 Å². The second-order valence-corrected chi connectivity index (χ2v) is 25.5. The molecule has 0 radical (unpaired) electrons. The number of nitrogens with zero attached hydrogens (tertiary/aromatic N) is 3. The summed E-state index contributed by atoms with van der Waals surface area (Å²) in [5.41, 5.74) is 15.3. The Balaban J connectivity index is 1.07. The molecular weight excluding hydrogens is 766 g/mol. The molecule has 318 valence electrons. The summed E-state index contributed by atoms with van der Waals surface area (Å²) in [6, 6.07) is 2.10. The number of hydrogen-bond donors (Lipinski definition) is 0. The third-order valence-electron chi connectivity index (χ3n) is 18.5. The van der Waals surface area contributed by atoms with E-state index in [1.54, 1.807) is 5.70 Å². The highest BCUT2D eigenvalue weighted by molar-refractivity contribution is 8.04. The van der Waals surface area contributed by atoms with Crippen LogP contribution in [0.5, 0.6) is 0 Å². The lowest BCUT2D eigenvalue weighted by molar-refractivity contribution is 0.0280. The van der Waals surface area contributed by atoms with Gasteiger partial charge >= 0.3 is 0 Å². The minimum atomic E-state index is 0.116. The molecule has 12 aliphatic rings. The normalized spacial score (nSPS) is 38.4. The predicted molar refractivity (Wildman–Crippen MR) is 257 cm³/mol. The van der Waals surface area contributed by atoms with E-state index in [2.05, 4.69) is 134 Å². The Morgan fingerprint density at radius 1 is 0.867 bits per heavy atom. The van der Waals surface area contributed by atoms with Crippen molar-refractivity contribution in [2.75, 3.05) is 0 Å². The van der Waals surface area contributed by atoms with Gasteiger partial charge in [-0.25, -0.2) is 0 Å². The van der Waals surface area contributed by atoms with E-state index >= 15 is 0 Å². The van der Waals surface area contributed by atoms with Crippen molar-refractivity contribution < 1.29 is 0 Å². The van der Waals surface area contributed by atoms with Gasteiger partial charge in [0.05, 0.1) is 17.5 Å². The van der Waals surface area contributed by atoms with Crippen molar-refractivity contribution >= 4 is 30.2 Å². The summed E-state index contributed by atoms with van der Waals surface area (Å²) >= 11 is 4.79. The highest BCUT2D eigenvalue weighted by atomic mass is 32.2. The summed E-state index contributed by atoms with van der Waals surface area (Å²) in [6.07, 6.45) is 45.6. The summed E-state index contributed by atoms with van der Waals surface area (Å²) in [6.45, 7) is 16.4. The molecule has 1 spiro atoms. The lowest BCUT2D eigenvalue weighted by Crippen LogP contribution is -2.65. The maximum atomic E-state index is 3.28.